The standard InChI is InChI=1S/C14H15NO2/c1-2-3-4-14(17)15-8-7-11-5-6-13(16)9-12(11)10-15/h1,5-6,9,16H,3-4,7-8,10H2. The van der Waals surface area contributed by atoms with Crippen LogP contribution in [0, 0.1) is 12.3 Å². The van der Waals surface area contributed by atoms with Gasteiger partial charge in [0.1, 0.15) is 5.75 Å². The van der Waals surface area contributed by atoms with Crippen LogP contribution in [0.4, 0.5) is 0 Å². The van der Waals surface area contributed by atoms with Crippen LogP contribution >= 0.6 is 0 Å². The third kappa shape index (κ3) is 2.59. The van der Waals surface area contributed by atoms with E-state index in [1.165, 1.54) is 5.56 Å². The number of carbonyl (C=O) groups is 1. The van der Waals surface area contributed by atoms with E-state index in [2.05, 4.69) is 5.92 Å². The van der Waals surface area contributed by atoms with Gasteiger partial charge in [0.25, 0.3) is 0 Å². The van der Waals surface area contributed by atoms with Gasteiger partial charge in [0.2, 0.25) is 5.91 Å². The summed E-state index contributed by atoms with van der Waals surface area (Å²) in [6, 6.07) is 5.35. The Morgan fingerprint density at radius 2 is 2.29 bits per heavy atom. The monoisotopic (exact) mass is 229 g/mol. The number of aromatic hydroxyl groups is 1. The zero-order valence-corrected chi connectivity index (χ0v) is 9.65. The first-order valence-corrected chi connectivity index (χ1v) is 5.72. The fourth-order valence-corrected chi connectivity index (χ4v) is 2.09. The first-order valence-electron chi connectivity index (χ1n) is 5.72. The number of benzene rings is 1. The van der Waals surface area contributed by atoms with Gasteiger partial charge >= 0.3 is 0 Å². The SMILES string of the molecule is C#CCCC(=O)N1CCc2ccc(O)cc2C1. The Hall–Kier alpha value is -1.95. The second-order valence-corrected chi connectivity index (χ2v) is 4.22. The van der Waals surface area contributed by atoms with Gasteiger partial charge in [-0.15, -0.1) is 12.3 Å². The number of phenols is 1. The molecular formula is C14H15NO2. The van der Waals surface area contributed by atoms with Gasteiger partial charge in [-0.3, -0.25) is 4.79 Å². The Kier molecular flexibility index (Phi) is 3.34. The van der Waals surface area contributed by atoms with Crippen LogP contribution < -0.4 is 0 Å². The predicted octanol–water partition coefficient (Wildman–Crippen LogP) is 1.69. The Morgan fingerprint density at radius 3 is 3.06 bits per heavy atom. The van der Waals surface area contributed by atoms with E-state index in [-0.39, 0.29) is 11.7 Å². The minimum Gasteiger partial charge on any atom is -0.508 e. The molecule has 0 radical (unpaired) electrons. The van der Waals surface area contributed by atoms with Gasteiger partial charge in [0.15, 0.2) is 0 Å². The quantitative estimate of drug-likeness (QED) is 0.784. The summed E-state index contributed by atoms with van der Waals surface area (Å²) in [7, 11) is 0. The highest BCUT2D eigenvalue weighted by Gasteiger charge is 2.20. The summed E-state index contributed by atoms with van der Waals surface area (Å²) in [4.78, 5) is 13.6. The van der Waals surface area contributed by atoms with Crippen molar-refractivity contribution in [1.82, 2.24) is 4.90 Å². The van der Waals surface area contributed by atoms with Gasteiger partial charge in [-0.25, -0.2) is 0 Å². The third-order valence-electron chi connectivity index (χ3n) is 3.04. The van der Waals surface area contributed by atoms with Crippen LogP contribution in [0.5, 0.6) is 5.75 Å². The van der Waals surface area contributed by atoms with Crippen molar-refractivity contribution in [3.8, 4) is 18.1 Å². The fraction of sp³-hybridized carbons (Fsp3) is 0.357. The highest BCUT2D eigenvalue weighted by molar-refractivity contribution is 5.76. The lowest BCUT2D eigenvalue weighted by atomic mass is 9.99. The molecule has 0 atom stereocenters. The van der Waals surface area contributed by atoms with Crippen molar-refractivity contribution < 1.29 is 9.90 Å². The van der Waals surface area contributed by atoms with Gasteiger partial charge in [-0.2, -0.15) is 0 Å². The van der Waals surface area contributed by atoms with E-state index in [0.29, 0.717) is 19.4 Å². The van der Waals surface area contributed by atoms with E-state index >= 15 is 0 Å². The lowest BCUT2D eigenvalue weighted by Crippen LogP contribution is -2.35. The maximum absolute atomic E-state index is 11.8. The number of nitrogens with zero attached hydrogens (tertiary/aromatic N) is 1. The minimum absolute atomic E-state index is 0.0944. The minimum atomic E-state index is 0.0944. The first kappa shape index (κ1) is 11.5. The molecule has 0 fully saturated rings. The number of hydrogen-bond donors (Lipinski definition) is 1. The highest BCUT2D eigenvalue weighted by atomic mass is 16.3. The number of carbonyl (C=O) groups excluding carboxylic acids is 1. The number of amides is 1. The first-order chi connectivity index (χ1) is 8.20. The molecule has 0 unspecified atom stereocenters. The number of hydrogen-bond acceptors (Lipinski definition) is 2. The smallest absolute Gasteiger partial charge is 0.223 e. The molecule has 0 aliphatic carbocycles. The number of fused-ring (bicyclic) bond motifs is 1. The van der Waals surface area contributed by atoms with E-state index in [0.717, 1.165) is 18.5 Å². The molecule has 88 valence electrons. The number of rotatable bonds is 2. The van der Waals surface area contributed by atoms with Crippen molar-refractivity contribution in [2.75, 3.05) is 6.54 Å². The summed E-state index contributed by atoms with van der Waals surface area (Å²) in [5.74, 6) is 2.82. The second kappa shape index (κ2) is 4.92. The van der Waals surface area contributed by atoms with Crippen LogP contribution in [0.25, 0.3) is 0 Å². The van der Waals surface area contributed by atoms with Gasteiger partial charge in [-0.05, 0) is 29.7 Å². The molecule has 1 aliphatic heterocycles. The maximum Gasteiger partial charge on any atom is 0.223 e. The zero-order chi connectivity index (χ0) is 12.3. The number of phenolic OH excluding ortho intramolecular Hbond substituents is 1. The van der Waals surface area contributed by atoms with Crippen molar-refractivity contribution in [2.45, 2.75) is 25.8 Å². The molecule has 3 nitrogen and oxygen atoms in total. The molecule has 0 spiro atoms. The van der Waals surface area contributed by atoms with E-state index in [1.807, 2.05) is 6.07 Å². The molecule has 17 heavy (non-hydrogen) atoms. The van der Waals surface area contributed by atoms with Gasteiger partial charge in [0.05, 0.1) is 0 Å². The zero-order valence-electron chi connectivity index (χ0n) is 9.65. The average molecular weight is 229 g/mol. The Labute approximate surface area is 101 Å². The third-order valence-corrected chi connectivity index (χ3v) is 3.04. The van der Waals surface area contributed by atoms with Crippen molar-refractivity contribution >= 4 is 5.91 Å². The Bertz CT molecular complexity index is 474. The normalized spacial score (nSPS) is 13.9. The molecule has 1 aromatic rings. The average Bonchev–Trinajstić information content (AvgIpc) is 2.35. The van der Waals surface area contributed by atoms with Gasteiger partial charge < -0.3 is 10.0 Å². The molecule has 1 aliphatic rings. The highest BCUT2D eigenvalue weighted by Crippen LogP contribution is 2.23. The van der Waals surface area contributed by atoms with Gasteiger partial charge in [-0.1, -0.05) is 6.07 Å². The van der Waals surface area contributed by atoms with E-state index < -0.39 is 0 Å². The summed E-state index contributed by atoms with van der Waals surface area (Å²) in [5.41, 5.74) is 2.24. The van der Waals surface area contributed by atoms with Crippen molar-refractivity contribution in [3.63, 3.8) is 0 Å². The predicted molar refractivity (Wildman–Crippen MR) is 65.3 cm³/mol. The molecule has 0 saturated heterocycles. The Balaban J connectivity index is 2.08. The summed E-state index contributed by atoms with van der Waals surface area (Å²) in [6.45, 7) is 1.31. The molecule has 1 aromatic carbocycles. The molecule has 1 N–H and O–H groups in total. The molecule has 0 saturated carbocycles. The Morgan fingerprint density at radius 1 is 1.47 bits per heavy atom. The summed E-state index contributed by atoms with van der Waals surface area (Å²) in [5, 5.41) is 9.42. The van der Waals surface area contributed by atoms with Crippen LogP contribution in [0.15, 0.2) is 18.2 Å². The van der Waals surface area contributed by atoms with Crippen molar-refractivity contribution in [1.29, 1.82) is 0 Å². The van der Waals surface area contributed by atoms with Crippen molar-refractivity contribution in [2.24, 2.45) is 0 Å². The van der Waals surface area contributed by atoms with Crippen LogP contribution in [0.1, 0.15) is 24.0 Å². The summed E-state index contributed by atoms with van der Waals surface area (Å²) in [6.07, 6.45) is 6.89. The van der Waals surface area contributed by atoms with Crippen LogP contribution in [-0.4, -0.2) is 22.5 Å². The van der Waals surface area contributed by atoms with Crippen LogP contribution in [-0.2, 0) is 17.8 Å². The van der Waals surface area contributed by atoms with E-state index in [1.54, 1.807) is 17.0 Å². The summed E-state index contributed by atoms with van der Waals surface area (Å²) < 4.78 is 0. The number of terminal acetylenes is 1. The fourth-order valence-electron chi connectivity index (χ4n) is 2.09. The van der Waals surface area contributed by atoms with Crippen LogP contribution in [0.3, 0.4) is 0 Å². The van der Waals surface area contributed by atoms with Crippen molar-refractivity contribution in [3.05, 3.63) is 29.3 Å². The largest absolute Gasteiger partial charge is 0.508 e. The molecule has 2 rings (SSSR count). The lowest BCUT2D eigenvalue weighted by Gasteiger charge is -2.28. The summed E-state index contributed by atoms with van der Waals surface area (Å²) >= 11 is 0. The molecule has 1 amide bonds. The molecule has 1 heterocycles. The maximum atomic E-state index is 11.8. The van der Waals surface area contributed by atoms with E-state index in [4.69, 9.17) is 6.42 Å². The lowest BCUT2D eigenvalue weighted by molar-refractivity contribution is -0.132. The topological polar surface area (TPSA) is 40.5 Å². The van der Waals surface area contributed by atoms with Gasteiger partial charge in [0, 0.05) is 25.9 Å². The molecule has 0 bridgehead atoms. The molecule has 0 aromatic heterocycles. The van der Waals surface area contributed by atoms with E-state index in [9.17, 15) is 9.90 Å². The second-order valence-electron chi connectivity index (χ2n) is 4.22. The van der Waals surface area contributed by atoms with Crippen LogP contribution in [0.2, 0.25) is 0 Å². The molecular weight excluding hydrogens is 214 g/mol. The molecule has 3 heteroatoms.